The number of rotatable bonds is 6. The Balaban J connectivity index is 2.15. The number of aliphatic hydroxyl groups excluding tert-OH is 1. The molecule has 0 bridgehead atoms. The third-order valence-electron chi connectivity index (χ3n) is 3.71. The summed E-state index contributed by atoms with van der Waals surface area (Å²) in [5.41, 5.74) is 0. The molecule has 1 amide bonds. The van der Waals surface area contributed by atoms with E-state index >= 15 is 0 Å². The lowest BCUT2D eigenvalue weighted by Gasteiger charge is -2.23. The maximum absolute atomic E-state index is 11.7. The predicted molar refractivity (Wildman–Crippen MR) is 68.7 cm³/mol. The molecule has 1 fully saturated rings. The first-order valence-electron chi connectivity index (χ1n) is 6.74. The van der Waals surface area contributed by atoms with Crippen LogP contribution in [0.15, 0.2) is 0 Å². The Bertz CT molecular complexity index is 227. The Hall–Kier alpha value is -0.610. The van der Waals surface area contributed by atoms with Crippen LogP contribution in [-0.4, -0.2) is 36.8 Å². The monoisotopic (exact) mass is 242 g/mol. The van der Waals surface area contributed by atoms with Crippen molar-refractivity contribution in [3.05, 3.63) is 0 Å². The predicted octanol–water partition coefficient (Wildman–Crippen LogP) is 0.899. The van der Waals surface area contributed by atoms with Crippen LogP contribution in [0.5, 0.6) is 0 Å². The van der Waals surface area contributed by atoms with Gasteiger partial charge in [0.2, 0.25) is 5.91 Å². The van der Waals surface area contributed by atoms with E-state index in [0.29, 0.717) is 12.3 Å². The second-order valence-corrected chi connectivity index (χ2v) is 5.27. The molecule has 1 heterocycles. The van der Waals surface area contributed by atoms with E-state index in [1.54, 1.807) is 0 Å². The van der Waals surface area contributed by atoms with E-state index < -0.39 is 0 Å². The number of piperidine rings is 1. The van der Waals surface area contributed by atoms with Crippen LogP contribution in [0.25, 0.3) is 0 Å². The zero-order valence-corrected chi connectivity index (χ0v) is 11.0. The molecule has 0 aromatic carbocycles. The summed E-state index contributed by atoms with van der Waals surface area (Å²) in [6, 6.07) is 0.0528. The molecule has 1 aliphatic heterocycles. The number of hydrogen-bond acceptors (Lipinski definition) is 3. The van der Waals surface area contributed by atoms with Crippen LogP contribution in [0.3, 0.4) is 0 Å². The van der Waals surface area contributed by atoms with Gasteiger partial charge in [0.05, 0.1) is 0 Å². The van der Waals surface area contributed by atoms with Crippen LogP contribution in [0.1, 0.15) is 39.5 Å². The molecule has 1 saturated heterocycles. The minimum absolute atomic E-state index is 0.0528. The molecule has 4 heteroatoms. The van der Waals surface area contributed by atoms with Crippen molar-refractivity contribution < 1.29 is 9.90 Å². The Morgan fingerprint density at radius 3 is 2.88 bits per heavy atom. The van der Waals surface area contributed by atoms with Gasteiger partial charge in [0.1, 0.15) is 0 Å². The van der Waals surface area contributed by atoms with Crippen molar-refractivity contribution >= 4 is 5.91 Å². The number of carbonyl (C=O) groups is 1. The first-order valence-corrected chi connectivity index (χ1v) is 6.74. The van der Waals surface area contributed by atoms with Gasteiger partial charge in [-0.1, -0.05) is 6.92 Å². The number of hydrogen-bond donors (Lipinski definition) is 3. The molecule has 0 aromatic heterocycles. The van der Waals surface area contributed by atoms with E-state index in [4.69, 9.17) is 5.11 Å². The van der Waals surface area contributed by atoms with Gasteiger partial charge in [0, 0.05) is 19.1 Å². The highest BCUT2D eigenvalue weighted by Crippen LogP contribution is 2.15. The smallest absolute Gasteiger partial charge is 0.220 e. The normalized spacial score (nSPS) is 24.1. The third-order valence-corrected chi connectivity index (χ3v) is 3.71. The molecule has 1 aliphatic rings. The molecule has 0 saturated carbocycles. The lowest BCUT2D eigenvalue weighted by molar-refractivity contribution is -0.122. The summed E-state index contributed by atoms with van der Waals surface area (Å²) in [5.74, 6) is 0.888. The lowest BCUT2D eigenvalue weighted by Crippen LogP contribution is -2.38. The van der Waals surface area contributed by atoms with Crippen LogP contribution < -0.4 is 10.6 Å². The lowest BCUT2D eigenvalue weighted by atomic mass is 9.94. The molecular weight excluding hydrogens is 216 g/mol. The fraction of sp³-hybridized carbons (Fsp3) is 0.923. The van der Waals surface area contributed by atoms with Crippen molar-refractivity contribution in [3.8, 4) is 0 Å². The fourth-order valence-electron chi connectivity index (χ4n) is 2.13. The zero-order valence-electron chi connectivity index (χ0n) is 11.0. The van der Waals surface area contributed by atoms with Crippen LogP contribution in [0.2, 0.25) is 0 Å². The van der Waals surface area contributed by atoms with Crippen molar-refractivity contribution in [1.29, 1.82) is 0 Å². The average Bonchev–Trinajstić information content (AvgIpc) is 2.36. The Labute approximate surface area is 104 Å². The molecule has 0 aliphatic carbocycles. The fourth-order valence-corrected chi connectivity index (χ4v) is 2.13. The van der Waals surface area contributed by atoms with Gasteiger partial charge >= 0.3 is 0 Å². The largest absolute Gasteiger partial charge is 0.396 e. The molecule has 4 nitrogen and oxygen atoms in total. The minimum Gasteiger partial charge on any atom is -0.396 e. The van der Waals surface area contributed by atoms with Gasteiger partial charge in [0.15, 0.2) is 0 Å². The van der Waals surface area contributed by atoms with Gasteiger partial charge in [-0.25, -0.2) is 0 Å². The number of aliphatic hydroxyl groups is 1. The standard InChI is InChI=1S/C13H26N2O2/c1-10(9-16)11(2)15-13(17)6-5-12-4-3-7-14-8-12/h10-12,14,16H,3-9H2,1-2H3,(H,15,17). The molecule has 17 heavy (non-hydrogen) atoms. The molecule has 0 spiro atoms. The van der Waals surface area contributed by atoms with Crippen LogP contribution in [-0.2, 0) is 4.79 Å². The molecule has 3 N–H and O–H groups in total. The van der Waals surface area contributed by atoms with Crippen LogP contribution >= 0.6 is 0 Å². The highest BCUT2D eigenvalue weighted by Gasteiger charge is 2.17. The van der Waals surface area contributed by atoms with Crippen molar-refractivity contribution in [2.24, 2.45) is 11.8 Å². The first kappa shape index (κ1) is 14.5. The Morgan fingerprint density at radius 1 is 1.53 bits per heavy atom. The van der Waals surface area contributed by atoms with Crippen molar-refractivity contribution in [2.75, 3.05) is 19.7 Å². The van der Waals surface area contributed by atoms with E-state index in [9.17, 15) is 4.79 Å². The molecule has 0 radical (unpaired) electrons. The van der Waals surface area contributed by atoms with Gasteiger partial charge in [0.25, 0.3) is 0 Å². The maximum atomic E-state index is 11.7. The molecule has 100 valence electrons. The highest BCUT2D eigenvalue weighted by molar-refractivity contribution is 5.76. The van der Waals surface area contributed by atoms with Crippen molar-refractivity contribution in [3.63, 3.8) is 0 Å². The summed E-state index contributed by atoms with van der Waals surface area (Å²) in [7, 11) is 0. The summed E-state index contributed by atoms with van der Waals surface area (Å²) in [6.07, 6.45) is 4.04. The van der Waals surface area contributed by atoms with Gasteiger partial charge in [-0.15, -0.1) is 0 Å². The summed E-state index contributed by atoms with van der Waals surface area (Å²) < 4.78 is 0. The van der Waals surface area contributed by atoms with Crippen molar-refractivity contribution in [2.45, 2.75) is 45.6 Å². The molecular formula is C13H26N2O2. The average molecular weight is 242 g/mol. The summed E-state index contributed by atoms with van der Waals surface area (Å²) in [6.45, 7) is 6.18. The Kier molecular flexibility index (Phi) is 6.52. The zero-order chi connectivity index (χ0) is 12.7. The van der Waals surface area contributed by atoms with Crippen molar-refractivity contribution in [1.82, 2.24) is 10.6 Å². The van der Waals surface area contributed by atoms with Gasteiger partial charge in [-0.05, 0) is 51.1 Å². The summed E-state index contributed by atoms with van der Waals surface area (Å²) in [4.78, 5) is 11.7. The second kappa shape index (κ2) is 7.67. The maximum Gasteiger partial charge on any atom is 0.220 e. The van der Waals surface area contributed by atoms with E-state index in [1.165, 1.54) is 12.8 Å². The number of amides is 1. The van der Waals surface area contributed by atoms with E-state index in [-0.39, 0.29) is 24.5 Å². The molecule has 1 rings (SSSR count). The number of nitrogens with one attached hydrogen (secondary N) is 2. The van der Waals surface area contributed by atoms with Gasteiger partial charge in [-0.2, -0.15) is 0 Å². The Morgan fingerprint density at radius 2 is 2.29 bits per heavy atom. The molecule has 0 aromatic rings. The third kappa shape index (κ3) is 5.50. The quantitative estimate of drug-likeness (QED) is 0.648. The second-order valence-electron chi connectivity index (χ2n) is 5.27. The first-order chi connectivity index (χ1) is 8.13. The highest BCUT2D eigenvalue weighted by atomic mass is 16.3. The van der Waals surface area contributed by atoms with E-state index in [0.717, 1.165) is 19.5 Å². The molecule has 3 atom stereocenters. The van der Waals surface area contributed by atoms with E-state index in [1.807, 2.05) is 13.8 Å². The topological polar surface area (TPSA) is 61.4 Å². The molecule has 3 unspecified atom stereocenters. The van der Waals surface area contributed by atoms with Gasteiger partial charge < -0.3 is 15.7 Å². The van der Waals surface area contributed by atoms with E-state index in [2.05, 4.69) is 10.6 Å². The van der Waals surface area contributed by atoms with Gasteiger partial charge in [-0.3, -0.25) is 4.79 Å². The minimum atomic E-state index is 0.0528. The summed E-state index contributed by atoms with van der Waals surface area (Å²) >= 11 is 0. The van der Waals surface area contributed by atoms with Crippen LogP contribution in [0, 0.1) is 11.8 Å². The summed E-state index contributed by atoms with van der Waals surface area (Å²) in [5, 5.41) is 15.3. The van der Waals surface area contributed by atoms with Crippen LogP contribution in [0.4, 0.5) is 0 Å². The SMILES string of the molecule is CC(CO)C(C)NC(=O)CCC1CCCNC1. The number of carbonyl (C=O) groups excluding carboxylic acids is 1.